The average molecular weight is 288 g/mol. The van der Waals surface area contributed by atoms with Crippen molar-refractivity contribution < 1.29 is 8.42 Å². The molecule has 0 bridgehead atoms. The van der Waals surface area contributed by atoms with Crippen LogP contribution in [0.3, 0.4) is 0 Å². The molecule has 1 aromatic rings. The predicted octanol–water partition coefficient (Wildman–Crippen LogP) is 1.48. The summed E-state index contributed by atoms with van der Waals surface area (Å²) in [5.41, 5.74) is 0. The molecule has 0 saturated heterocycles. The van der Waals surface area contributed by atoms with E-state index in [4.69, 9.17) is 0 Å². The Labute approximate surface area is 113 Å². The minimum Gasteiger partial charge on any atom is -0.313 e. The van der Waals surface area contributed by atoms with E-state index >= 15 is 0 Å². The van der Waals surface area contributed by atoms with Crippen LogP contribution in [0.5, 0.6) is 0 Å². The zero-order valence-electron chi connectivity index (χ0n) is 10.6. The fourth-order valence-electron chi connectivity index (χ4n) is 1.65. The highest BCUT2D eigenvalue weighted by Gasteiger charge is 2.21. The van der Waals surface area contributed by atoms with Crippen molar-refractivity contribution in [2.75, 3.05) is 12.3 Å². The molecule has 0 aliphatic heterocycles. The van der Waals surface area contributed by atoms with Gasteiger partial charge in [0.15, 0.2) is 0 Å². The van der Waals surface area contributed by atoms with Crippen LogP contribution < -0.4 is 10.0 Å². The molecule has 6 heteroatoms. The van der Waals surface area contributed by atoms with Gasteiger partial charge in [-0.3, -0.25) is 0 Å². The first kappa shape index (κ1) is 14.0. The van der Waals surface area contributed by atoms with Crippen molar-refractivity contribution >= 4 is 21.4 Å². The van der Waals surface area contributed by atoms with Gasteiger partial charge in [0.1, 0.15) is 0 Å². The molecule has 18 heavy (non-hydrogen) atoms. The number of aryl methyl sites for hydroxylation is 1. The first-order valence-corrected chi connectivity index (χ1v) is 8.84. The Kier molecular flexibility index (Phi) is 4.77. The molecule has 1 aliphatic rings. The minimum atomic E-state index is -3.15. The molecule has 1 aliphatic carbocycles. The highest BCUT2D eigenvalue weighted by atomic mass is 32.2. The first-order valence-electron chi connectivity index (χ1n) is 6.37. The van der Waals surface area contributed by atoms with Gasteiger partial charge < -0.3 is 5.32 Å². The van der Waals surface area contributed by atoms with Crippen LogP contribution in [-0.2, 0) is 23.0 Å². The Morgan fingerprint density at radius 3 is 2.67 bits per heavy atom. The maximum absolute atomic E-state index is 11.7. The van der Waals surface area contributed by atoms with E-state index in [0.29, 0.717) is 19.1 Å². The fourth-order valence-corrected chi connectivity index (χ4v) is 3.54. The zero-order valence-corrected chi connectivity index (χ0v) is 12.2. The normalized spacial score (nSPS) is 16.1. The standard InChI is InChI=1S/C12H20N2O2S2/c1-2-11-5-6-12(17-11)9-14-18(15,16)8-7-13-10-3-4-10/h5-6,10,13-14H,2-4,7-9H2,1H3. The molecule has 0 amide bonds. The molecular weight excluding hydrogens is 268 g/mol. The molecule has 2 rings (SSSR count). The lowest BCUT2D eigenvalue weighted by molar-refractivity contribution is 0.576. The number of sulfonamides is 1. The Morgan fingerprint density at radius 1 is 1.33 bits per heavy atom. The van der Waals surface area contributed by atoms with Crippen LogP contribution in [0.25, 0.3) is 0 Å². The molecule has 0 atom stereocenters. The van der Waals surface area contributed by atoms with Gasteiger partial charge in [-0.2, -0.15) is 0 Å². The van der Waals surface area contributed by atoms with Crippen LogP contribution in [-0.4, -0.2) is 26.8 Å². The average Bonchev–Trinajstić information content (AvgIpc) is 3.03. The molecule has 1 heterocycles. The molecule has 0 spiro atoms. The highest BCUT2D eigenvalue weighted by Crippen LogP contribution is 2.18. The van der Waals surface area contributed by atoms with E-state index in [2.05, 4.69) is 23.0 Å². The molecule has 2 N–H and O–H groups in total. The highest BCUT2D eigenvalue weighted by molar-refractivity contribution is 7.89. The van der Waals surface area contributed by atoms with Crippen molar-refractivity contribution in [3.05, 3.63) is 21.9 Å². The summed E-state index contributed by atoms with van der Waals surface area (Å²) in [6.07, 6.45) is 3.37. The molecule has 1 saturated carbocycles. The lowest BCUT2D eigenvalue weighted by Gasteiger charge is -2.06. The summed E-state index contributed by atoms with van der Waals surface area (Å²) in [4.78, 5) is 2.37. The van der Waals surface area contributed by atoms with Gasteiger partial charge >= 0.3 is 0 Å². The lowest BCUT2D eigenvalue weighted by atomic mass is 10.4. The van der Waals surface area contributed by atoms with Crippen molar-refractivity contribution in [3.63, 3.8) is 0 Å². The smallest absolute Gasteiger partial charge is 0.213 e. The molecule has 4 nitrogen and oxygen atoms in total. The molecule has 0 aromatic carbocycles. The number of hydrogen-bond acceptors (Lipinski definition) is 4. The summed E-state index contributed by atoms with van der Waals surface area (Å²) >= 11 is 1.67. The summed E-state index contributed by atoms with van der Waals surface area (Å²) in [5.74, 6) is 0.162. The summed E-state index contributed by atoms with van der Waals surface area (Å²) < 4.78 is 26.1. The van der Waals surface area contributed by atoms with Crippen LogP contribution in [0, 0.1) is 0 Å². The van der Waals surface area contributed by atoms with E-state index in [0.717, 1.165) is 11.3 Å². The zero-order chi connectivity index (χ0) is 13.0. The van der Waals surface area contributed by atoms with Gasteiger partial charge in [0.2, 0.25) is 10.0 Å². The second kappa shape index (κ2) is 6.14. The summed E-state index contributed by atoms with van der Waals surface area (Å²) in [7, 11) is -3.15. The van der Waals surface area contributed by atoms with E-state index in [9.17, 15) is 8.42 Å². The van der Waals surface area contributed by atoms with Crippen molar-refractivity contribution in [3.8, 4) is 0 Å². The second-order valence-electron chi connectivity index (χ2n) is 4.59. The van der Waals surface area contributed by atoms with Gasteiger partial charge in [-0.15, -0.1) is 11.3 Å². The topological polar surface area (TPSA) is 58.2 Å². The molecule has 1 aromatic heterocycles. The summed E-state index contributed by atoms with van der Waals surface area (Å²) in [5, 5.41) is 3.21. The van der Waals surface area contributed by atoms with Crippen molar-refractivity contribution in [2.45, 2.75) is 38.8 Å². The molecule has 1 fully saturated rings. The van der Waals surface area contributed by atoms with Gasteiger partial charge in [0, 0.05) is 28.9 Å². The fraction of sp³-hybridized carbons (Fsp3) is 0.667. The van der Waals surface area contributed by atoms with Crippen LogP contribution in [0.1, 0.15) is 29.5 Å². The van der Waals surface area contributed by atoms with Gasteiger partial charge in [-0.1, -0.05) is 6.92 Å². The van der Waals surface area contributed by atoms with Crippen molar-refractivity contribution in [1.29, 1.82) is 0 Å². The predicted molar refractivity (Wildman–Crippen MR) is 75.3 cm³/mol. The monoisotopic (exact) mass is 288 g/mol. The van der Waals surface area contributed by atoms with Gasteiger partial charge in [0.05, 0.1) is 5.75 Å². The van der Waals surface area contributed by atoms with Crippen molar-refractivity contribution in [2.24, 2.45) is 0 Å². The number of thiophene rings is 1. The third kappa shape index (κ3) is 4.68. The molecule has 102 valence electrons. The van der Waals surface area contributed by atoms with Crippen LogP contribution in [0.4, 0.5) is 0 Å². The summed E-state index contributed by atoms with van der Waals surface area (Å²) in [6, 6.07) is 4.61. The second-order valence-corrected chi connectivity index (χ2v) is 7.77. The van der Waals surface area contributed by atoms with E-state index in [1.165, 1.54) is 17.7 Å². The maximum atomic E-state index is 11.7. The Bertz CT molecular complexity index is 478. The van der Waals surface area contributed by atoms with Gasteiger partial charge in [0.25, 0.3) is 0 Å². The molecule has 0 radical (unpaired) electrons. The third-order valence-corrected chi connectivity index (χ3v) is 5.47. The van der Waals surface area contributed by atoms with Crippen LogP contribution in [0.15, 0.2) is 12.1 Å². The number of rotatable bonds is 8. The number of hydrogen-bond donors (Lipinski definition) is 2. The number of nitrogens with one attached hydrogen (secondary N) is 2. The SMILES string of the molecule is CCc1ccc(CNS(=O)(=O)CCNC2CC2)s1. The lowest BCUT2D eigenvalue weighted by Crippen LogP contribution is -2.32. The van der Waals surface area contributed by atoms with E-state index in [-0.39, 0.29) is 5.75 Å². The largest absolute Gasteiger partial charge is 0.313 e. The minimum absolute atomic E-state index is 0.162. The Balaban J connectivity index is 1.72. The maximum Gasteiger partial charge on any atom is 0.213 e. The van der Waals surface area contributed by atoms with E-state index in [1.54, 1.807) is 11.3 Å². The molecule has 0 unspecified atom stereocenters. The molecular formula is C12H20N2O2S2. The third-order valence-electron chi connectivity index (χ3n) is 2.91. The Hall–Kier alpha value is -0.430. The van der Waals surface area contributed by atoms with E-state index < -0.39 is 10.0 Å². The van der Waals surface area contributed by atoms with Crippen LogP contribution >= 0.6 is 11.3 Å². The van der Waals surface area contributed by atoms with Crippen molar-refractivity contribution in [1.82, 2.24) is 10.0 Å². The van der Waals surface area contributed by atoms with Gasteiger partial charge in [-0.05, 0) is 31.4 Å². The summed E-state index contributed by atoms with van der Waals surface area (Å²) in [6.45, 7) is 3.06. The van der Waals surface area contributed by atoms with Gasteiger partial charge in [-0.25, -0.2) is 13.1 Å². The van der Waals surface area contributed by atoms with Crippen LogP contribution in [0.2, 0.25) is 0 Å². The van der Waals surface area contributed by atoms with E-state index in [1.807, 2.05) is 6.07 Å². The quantitative estimate of drug-likeness (QED) is 0.762. The first-order chi connectivity index (χ1) is 8.59. The Morgan fingerprint density at radius 2 is 2.06 bits per heavy atom.